The fraction of sp³-hybridized carbons (Fsp3) is 0.417. The van der Waals surface area contributed by atoms with Gasteiger partial charge in [-0.15, -0.1) is 0 Å². The van der Waals surface area contributed by atoms with Crippen molar-refractivity contribution in [2.45, 2.75) is 25.9 Å². The molecule has 1 aromatic carbocycles. The average molecular weight is 222 g/mol. The number of aliphatic hydroxyl groups is 1. The van der Waals surface area contributed by atoms with Crippen LogP contribution in [0.1, 0.15) is 30.6 Å². The minimum atomic E-state index is -0.667. The topological polar surface area (TPSA) is 75.3 Å². The van der Waals surface area contributed by atoms with E-state index in [4.69, 9.17) is 5.73 Å². The Bertz CT molecular complexity index is 352. The van der Waals surface area contributed by atoms with E-state index < -0.39 is 11.5 Å². The fourth-order valence-corrected chi connectivity index (χ4v) is 1.27. The van der Waals surface area contributed by atoms with Crippen LogP contribution in [0.25, 0.3) is 0 Å². The second-order valence-electron chi connectivity index (χ2n) is 4.43. The normalized spacial score (nSPS) is 11.2. The van der Waals surface area contributed by atoms with Gasteiger partial charge in [0, 0.05) is 17.8 Å². The molecule has 0 radical (unpaired) electrons. The van der Waals surface area contributed by atoms with E-state index in [1.807, 2.05) is 0 Å². The first-order chi connectivity index (χ1) is 7.38. The quantitative estimate of drug-likeness (QED) is 0.704. The average Bonchev–Trinajstić information content (AvgIpc) is 2.16. The molecule has 0 saturated carbocycles. The van der Waals surface area contributed by atoms with Crippen molar-refractivity contribution in [1.29, 1.82) is 0 Å². The molecule has 0 atom stereocenters. The third kappa shape index (κ3) is 4.31. The number of hydrogen-bond donors (Lipinski definition) is 3. The molecule has 0 aliphatic rings. The maximum Gasteiger partial charge on any atom is 0.248 e. The van der Waals surface area contributed by atoms with Gasteiger partial charge in [-0.1, -0.05) is 0 Å². The summed E-state index contributed by atoms with van der Waals surface area (Å²) in [5.74, 6) is -0.428. The van der Waals surface area contributed by atoms with Gasteiger partial charge in [0.25, 0.3) is 0 Å². The smallest absolute Gasteiger partial charge is 0.248 e. The number of amides is 1. The van der Waals surface area contributed by atoms with Gasteiger partial charge >= 0.3 is 0 Å². The van der Waals surface area contributed by atoms with Crippen molar-refractivity contribution in [3.05, 3.63) is 29.8 Å². The Morgan fingerprint density at radius 3 is 2.38 bits per heavy atom. The number of nitrogens with two attached hydrogens (primary N) is 1. The second kappa shape index (κ2) is 4.99. The van der Waals surface area contributed by atoms with E-state index in [9.17, 15) is 9.90 Å². The molecule has 0 unspecified atom stereocenters. The highest BCUT2D eigenvalue weighted by molar-refractivity contribution is 5.93. The molecule has 88 valence electrons. The van der Waals surface area contributed by atoms with E-state index in [0.29, 0.717) is 18.5 Å². The molecule has 4 nitrogen and oxygen atoms in total. The van der Waals surface area contributed by atoms with Crippen molar-refractivity contribution in [3.63, 3.8) is 0 Å². The van der Waals surface area contributed by atoms with Gasteiger partial charge in [-0.05, 0) is 44.5 Å². The molecule has 1 amide bonds. The van der Waals surface area contributed by atoms with E-state index in [2.05, 4.69) is 5.32 Å². The molecule has 0 fully saturated rings. The first kappa shape index (κ1) is 12.5. The Hall–Kier alpha value is -1.55. The highest BCUT2D eigenvalue weighted by Gasteiger charge is 2.11. The van der Waals surface area contributed by atoms with Crippen molar-refractivity contribution < 1.29 is 9.90 Å². The summed E-state index contributed by atoms with van der Waals surface area (Å²) in [4.78, 5) is 10.8. The molecule has 0 heterocycles. The van der Waals surface area contributed by atoms with Gasteiger partial charge in [-0.2, -0.15) is 0 Å². The van der Waals surface area contributed by atoms with Crippen LogP contribution in [0.3, 0.4) is 0 Å². The maximum atomic E-state index is 10.8. The summed E-state index contributed by atoms with van der Waals surface area (Å²) in [6, 6.07) is 6.94. The zero-order valence-electron chi connectivity index (χ0n) is 9.66. The zero-order valence-corrected chi connectivity index (χ0v) is 9.66. The Morgan fingerprint density at radius 1 is 1.38 bits per heavy atom. The Labute approximate surface area is 95.5 Å². The molecule has 1 aromatic rings. The summed E-state index contributed by atoms with van der Waals surface area (Å²) in [6.07, 6.45) is 0.657. The predicted molar refractivity (Wildman–Crippen MR) is 64.4 cm³/mol. The van der Waals surface area contributed by atoms with Gasteiger partial charge in [0.2, 0.25) is 5.91 Å². The number of anilines is 1. The number of carbonyl (C=O) groups is 1. The van der Waals surface area contributed by atoms with Crippen LogP contribution in [-0.2, 0) is 0 Å². The number of rotatable bonds is 5. The van der Waals surface area contributed by atoms with Gasteiger partial charge in [-0.3, -0.25) is 4.79 Å². The highest BCUT2D eigenvalue weighted by atomic mass is 16.3. The van der Waals surface area contributed by atoms with Crippen molar-refractivity contribution in [1.82, 2.24) is 0 Å². The number of carbonyl (C=O) groups excluding carboxylic acids is 1. The molecular weight excluding hydrogens is 204 g/mol. The van der Waals surface area contributed by atoms with Crippen LogP contribution in [0.4, 0.5) is 5.69 Å². The fourth-order valence-electron chi connectivity index (χ4n) is 1.27. The van der Waals surface area contributed by atoms with Crippen molar-refractivity contribution in [2.24, 2.45) is 5.73 Å². The number of nitrogens with one attached hydrogen (secondary N) is 1. The molecule has 4 N–H and O–H groups in total. The Kier molecular flexibility index (Phi) is 3.90. The summed E-state index contributed by atoms with van der Waals surface area (Å²) in [6.45, 7) is 4.22. The van der Waals surface area contributed by atoms with Crippen LogP contribution in [-0.4, -0.2) is 23.2 Å². The number of benzene rings is 1. The number of primary amides is 1. The minimum Gasteiger partial charge on any atom is -0.390 e. The summed E-state index contributed by atoms with van der Waals surface area (Å²) >= 11 is 0. The molecule has 0 bridgehead atoms. The van der Waals surface area contributed by atoms with Crippen molar-refractivity contribution in [3.8, 4) is 0 Å². The first-order valence-corrected chi connectivity index (χ1v) is 5.24. The van der Waals surface area contributed by atoms with E-state index in [-0.39, 0.29) is 0 Å². The Morgan fingerprint density at radius 2 is 1.94 bits per heavy atom. The molecule has 4 heteroatoms. The van der Waals surface area contributed by atoms with Crippen molar-refractivity contribution in [2.75, 3.05) is 11.9 Å². The second-order valence-corrected chi connectivity index (χ2v) is 4.43. The minimum absolute atomic E-state index is 0.428. The maximum absolute atomic E-state index is 10.8. The molecular formula is C12H18N2O2. The van der Waals surface area contributed by atoms with E-state index in [1.54, 1.807) is 38.1 Å². The van der Waals surface area contributed by atoms with Crippen LogP contribution in [0.15, 0.2) is 24.3 Å². The lowest BCUT2D eigenvalue weighted by Crippen LogP contribution is -2.22. The Balaban J connectivity index is 2.47. The van der Waals surface area contributed by atoms with Crippen LogP contribution in [0.2, 0.25) is 0 Å². The lowest BCUT2D eigenvalue weighted by molar-refractivity contribution is 0.0748. The summed E-state index contributed by atoms with van der Waals surface area (Å²) in [5.41, 5.74) is 5.87. The molecule has 0 saturated heterocycles. The summed E-state index contributed by atoms with van der Waals surface area (Å²) in [7, 11) is 0. The zero-order chi connectivity index (χ0) is 12.2. The third-order valence-corrected chi connectivity index (χ3v) is 2.24. The van der Waals surface area contributed by atoms with Gasteiger partial charge < -0.3 is 16.2 Å². The van der Waals surface area contributed by atoms with Crippen LogP contribution in [0, 0.1) is 0 Å². The monoisotopic (exact) mass is 222 g/mol. The highest BCUT2D eigenvalue weighted by Crippen LogP contribution is 2.11. The first-order valence-electron chi connectivity index (χ1n) is 5.24. The largest absolute Gasteiger partial charge is 0.390 e. The van der Waals surface area contributed by atoms with E-state index >= 15 is 0 Å². The summed E-state index contributed by atoms with van der Waals surface area (Å²) < 4.78 is 0. The van der Waals surface area contributed by atoms with Crippen LogP contribution in [0.5, 0.6) is 0 Å². The van der Waals surface area contributed by atoms with Crippen LogP contribution < -0.4 is 11.1 Å². The van der Waals surface area contributed by atoms with Crippen molar-refractivity contribution >= 4 is 11.6 Å². The molecule has 0 aliphatic heterocycles. The van der Waals surface area contributed by atoms with Gasteiger partial charge in [-0.25, -0.2) is 0 Å². The molecule has 0 aromatic heterocycles. The molecule has 16 heavy (non-hydrogen) atoms. The predicted octanol–water partition coefficient (Wildman–Crippen LogP) is 1.36. The van der Waals surface area contributed by atoms with Crippen LogP contribution >= 0.6 is 0 Å². The molecule has 0 aliphatic carbocycles. The SMILES string of the molecule is CC(C)(O)CCNc1ccc(C(N)=O)cc1. The third-order valence-electron chi connectivity index (χ3n) is 2.24. The van der Waals surface area contributed by atoms with Gasteiger partial charge in [0.15, 0.2) is 0 Å². The van der Waals surface area contributed by atoms with E-state index in [0.717, 1.165) is 5.69 Å². The van der Waals surface area contributed by atoms with Gasteiger partial charge in [0.1, 0.15) is 0 Å². The lowest BCUT2D eigenvalue weighted by Gasteiger charge is -2.17. The standard InChI is InChI=1S/C12H18N2O2/c1-12(2,16)7-8-14-10-5-3-9(4-6-10)11(13)15/h3-6,14,16H,7-8H2,1-2H3,(H2,13,15). The molecule has 0 spiro atoms. The lowest BCUT2D eigenvalue weighted by atomic mass is 10.1. The van der Waals surface area contributed by atoms with Gasteiger partial charge in [0.05, 0.1) is 5.60 Å². The molecule has 1 rings (SSSR count). The number of hydrogen-bond acceptors (Lipinski definition) is 3. The van der Waals surface area contributed by atoms with E-state index in [1.165, 1.54) is 0 Å². The summed E-state index contributed by atoms with van der Waals surface area (Å²) in [5, 5.41) is 12.7.